The Balaban J connectivity index is 1.82. The van der Waals surface area contributed by atoms with Crippen LogP contribution in [0.3, 0.4) is 0 Å². The molecule has 9 heteroatoms. The van der Waals surface area contributed by atoms with Crippen molar-refractivity contribution in [2.75, 3.05) is 13.7 Å². The van der Waals surface area contributed by atoms with Crippen LogP contribution in [0.1, 0.15) is 16.7 Å². The number of hydrogen-bond donors (Lipinski definition) is 1. The van der Waals surface area contributed by atoms with Gasteiger partial charge in [-0.05, 0) is 52.6 Å². The highest BCUT2D eigenvalue weighted by Gasteiger charge is 2.30. The molecular formula is C26H23F3N2O4. The fourth-order valence-electron chi connectivity index (χ4n) is 3.37. The highest BCUT2D eigenvalue weighted by atomic mass is 19.4. The zero-order valence-corrected chi connectivity index (χ0v) is 18.8. The fraction of sp³-hybridized carbons (Fsp3) is 0.192. The third kappa shape index (κ3) is 6.77. The minimum Gasteiger partial charge on any atom is -0.467 e. The first-order valence-electron chi connectivity index (χ1n) is 10.6. The Kier molecular flexibility index (Phi) is 8.38. The summed E-state index contributed by atoms with van der Waals surface area (Å²) in [5, 5.41) is 9.78. The minimum absolute atomic E-state index is 0.00681. The molecule has 0 saturated carbocycles. The van der Waals surface area contributed by atoms with Crippen LogP contribution in [-0.4, -0.2) is 46.6 Å². The molecule has 1 aromatic heterocycles. The molecule has 182 valence electrons. The molecule has 0 saturated heterocycles. The van der Waals surface area contributed by atoms with E-state index in [1.807, 2.05) is 24.3 Å². The molecule has 0 bridgehead atoms. The Morgan fingerprint density at radius 3 is 2.14 bits per heavy atom. The van der Waals surface area contributed by atoms with Crippen molar-refractivity contribution in [3.63, 3.8) is 0 Å². The van der Waals surface area contributed by atoms with Gasteiger partial charge in [0.15, 0.2) is 6.04 Å². The molecule has 3 rings (SSSR count). The standard InChI is InChI=1S/C26H23F3N2O4/c1-35-25(34)23(17-32)31(16-19-2-7-20(8-3-19)21-12-14-30-15-13-21)24(33)11-6-18-4-9-22(10-5-18)26(27,28)29/h2-15,23,32H,16-17H2,1H3. The number of carbonyl (C=O) groups excluding carboxylic acids is 2. The molecule has 6 nitrogen and oxygen atoms in total. The average Bonchev–Trinajstić information content (AvgIpc) is 2.87. The summed E-state index contributed by atoms with van der Waals surface area (Å²) in [5.74, 6) is -1.41. The Morgan fingerprint density at radius 1 is 1.00 bits per heavy atom. The molecule has 2 aromatic carbocycles. The van der Waals surface area contributed by atoms with Gasteiger partial charge in [-0.1, -0.05) is 36.4 Å². The summed E-state index contributed by atoms with van der Waals surface area (Å²) >= 11 is 0. The number of pyridine rings is 1. The second-order valence-corrected chi connectivity index (χ2v) is 7.57. The average molecular weight is 484 g/mol. The van der Waals surface area contributed by atoms with Crippen LogP contribution in [0.2, 0.25) is 0 Å². The largest absolute Gasteiger partial charge is 0.467 e. The Labute approximate surface area is 200 Å². The first kappa shape index (κ1) is 25.6. The van der Waals surface area contributed by atoms with E-state index in [0.29, 0.717) is 11.1 Å². The number of halogens is 3. The fourth-order valence-corrected chi connectivity index (χ4v) is 3.37. The lowest BCUT2D eigenvalue weighted by Gasteiger charge is -2.28. The number of aliphatic hydroxyl groups excluding tert-OH is 1. The van der Waals surface area contributed by atoms with E-state index in [1.54, 1.807) is 24.5 Å². The zero-order valence-electron chi connectivity index (χ0n) is 18.8. The van der Waals surface area contributed by atoms with Gasteiger partial charge in [0.25, 0.3) is 0 Å². The van der Waals surface area contributed by atoms with Crippen molar-refractivity contribution in [3.8, 4) is 11.1 Å². The summed E-state index contributed by atoms with van der Waals surface area (Å²) < 4.78 is 43.0. The molecule has 1 atom stereocenters. The molecule has 1 amide bonds. The van der Waals surface area contributed by atoms with Crippen LogP contribution in [0.15, 0.2) is 79.1 Å². The Hall–Kier alpha value is -3.98. The number of alkyl halides is 3. The summed E-state index contributed by atoms with van der Waals surface area (Å²) in [6.07, 6.45) is 1.37. The number of aromatic nitrogens is 1. The molecule has 1 heterocycles. The first-order chi connectivity index (χ1) is 16.7. The molecule has 0 spiro atoms. The lowest BCUT2D eigenvalue weighted by atomic mass is 10.0. The van der Waals surface area contributed by atoms with E-state index in [4.69, 9.17) is 4.74 Å². The van der Waals surface area contributed by atoms with Crippen molar-refractivity contribution in [2.24, 2.45) is 0 Å². The Bertz CT molecular complexity index is 1160. The second-order valence-electron chi connectivity index (χ2n) is 7.57. The molecule has 0 fully saturated rings. The van der Waals surface area contributed by atoms with Crippen LogP contribution in [-0.2, 0) is 27.0 Å². The van der Waals surface area contributed by atoms with Gasteiger partial charge in [0, 0.05) is 25.0 Å². The van der Waals surface area contributed by atoms with E-state index in [9.17, 15) is 27.9 Å². The number of rotatable bonds is 8. The van der Waals surface area contributed by atoms with Crippen LogP contribution in [0, 0.1) is 0 Å². The van der Waals surface area contributed by atoms with E-state index < -0.39 is 36.3 Å². The van der Waals surface area contributed by atoms with Gasteiger partial charge in [-0.15, -0.1) is 0 Å². The number of nitrogens with zero attached hydrogens (tertiary/aromatic N) is 2. The lowest BCUT2D eigenvalue weighted by molar-refractivity contribution is -0.153. The van der Waals surface area contributed by atoms with Gasteiger partial charge >= 0.3 is 12.1 Å². The van der Waals surface area contributed by atoms with Gasteiger partial charge in [-0.3, -0.25) is 9.78 Å². The van der Waals surface area contributed by atoms with Crippen molar-refractivity contribution in [1.82, 2.24) is 9.88 Å². The van der Waals surface area contributed by atoms with Gasteiger partial charge in [-0.2, -0.15) is 13.2 Å². The highest BCUT2D eigenvalue weighted by molar-refractivity contribution is 5.94. The summed E-state index contributed by atoms with van der Waals surface area (Å²) in [7, 11) is 1.15. The number of aliphatic hydroxyl groups is 1. The third-order valence-corrected chi connectivity index (χ3v) is 5.28. The smallest absolute Gasteiger partial charge is 0.416 e. The van der Waals surface area contributed by atoms with E-state index in [1.165, 1.54) is 18.2 Å². The number of amides is 1. The SMILES string of the molecule is COC(=O)C(CO)N(Cc1ccc(-c2ccncc2)cc1)C(=O)C=Cc1ccc(C(F)(F)F)cc1. The number of ether oxygens (including phenoxy) is 1. The zero-order chi connectivity index (χ0) is 25.4. The molecule has 0 radical (unpaired) electrons. The molecular weight excluding hydrogens is 461 g/mol. The number of carbonyl (C=O) groups is 2. The van der Waals surface area contributed by atoms with Crippen molar-refractivity contribution in [1.29, 1.82) is 0 Å². The van der Waals surface area contributed by atoms with Crippen molar-refractivity contribution in [2.45, 2.75) is 18.8 Å². The normalized spacial score (nSPS) is 12.4. The summed E-state index contributed by atoms with van der Waals surface area (Å²) in [6.45, 7) is -0.672. The third-order valence-electron chi connectivity index (χ3n) is 5.28. The molecule has 35 heavy (non-hydrogen) atoms. The van der Waals surface area contributed by atoms with Gasteiger partial charge in [0.2, 0.25) is 5.91 Å². The molecule has 0 aliphatic rings. The maximum atomic E-state index is 13.0. The summed E-state index contributed by atoms with van der Waals surface area (Å²) in [4.78, 5) is 30.3. The maximum absolute atomic E-state index is 13.0. The minimum atomic E-state index is -4.46. The molecule has 0 aliphatic heterocycles. The van der Waals surface area contributed by atoms with Crippen LogP contribution in [0.4, 0.5) is 13.2 Å². The number of hydrogen-bond acceptors (Lipinski definition) is 5. The quantitative estimate of drug-likeness (QED) is 0.380. The van der Waals surface area contributed by atoms with Crippen LogP contribution in [0.5, 0.6) is 0 Å². The van der Waals surface area contributed by atoms with Crippen molar-refractivity contribution >= 4 is 18.0 Å². The van der Waals surface area contributed by atoms with Gasteiger partial charge in [0.05, 0.1) is 19.3 Å². The van der Waals surface area contributed by atoms with Gasteiger partial charge < -0.3 is 14.7 Å². The van der Waals surface area contributed by atoms with Crippen molar-refractivity contribution in [3.05, 3.63) is 95.8 Å². The topological polar surface area (TPSA) is 79.7 Å². The van der Waals surface area contributed by atoms with E-state index in [0.717, 1.165) is 41.3 Å². The maximum Gasteiger partial charge on any atom is 0.416 e. The molecule has 1 N–H and O–H groups in total. The van der Waals surface area contributed by atoms with E-state index in [2.05, 4.69) is 4.98 Å². The number of benzene rings is 2. The second kappa shape index (κ2) is 11.4. The Morgan fingerprint density at radius 2 is 1.60 bits per heavy atom. The summed E-state index contributed by atoms with van der Waals surface area (Å²) in [6, 6.07) is 14.1. The van der Waals surface area contributed by atoms with Crippen LogP contribution in [0.25, 0.3) is 17.2 Å². The predicted octanol–water partition coefficient (Wildman–Crippen LogP) is 4.34. The lowest BCUT2D eigenvalue weighted by Crippen LogP contribution is -2.46. The highest BCUT2D eigenvalue weighted by Crippen LogP contribution is 2.29. The molecule has 0 aliphatic carbocycles. The summed E-state index contributed by atoms with van der Waals surface area (Å²) in [5.41, 5.74) is 2.15. The van der Waals surface area contributed by atoms with Crippen molar-refractivity contribution < 1.29 is 32.6 Å². The molecule has 1 unspecified atom stereocenters. The van der Waals surface area contributed by atoms with Gasteiger partial charge in [-0.25, -0.2) is 4.79 Å². The monoisotopic (exact) mass is 484 g/mol. The predicted molar refractivity (Wildman–Crippen MR) is 124 cm³/mol. The number of methoxy groups -OCH3 is 1. The number of esters is 1. The van der Waals surface area contributed by atoms with Gasteiger partial charge in [0.1, 0.15) is 0 Å². The first-order valence-corrected chi connectivity index (χ1v) is 10.6. The van der Waals surface area contributed by atoms with E-state index in [-0.39, 0.29) is 6.54 Å². The van der Waals surface area contributed by atoms with Crippen LogP contribution < -0.4 is 0 Å². The van der Waals surface area contributed by atoms with Crippen LogP contribution >= 0.6 is 0 Å². The molecule has 3 aromatic rings. The van der Waals surface area contributed by atoms with E-state index >= 15 is 0 Å².